The highest BCUT2D eigenvalue weighted by Gasteiger charge is 2.23. The molecule has 1 aliphatic carbocycles. The zero-order chi connectivity index (χ0) is 14.5. The number of pyridine rings is 1. The molecular weight excluding hydrogens is 260 g/mol. The molecule has 1 fully saturated rings. The largest absolute Gasteiger partial charge is 0.424 e. The van der Waals surface area contributed by atoms with E-state index in [0.29, 0.717) is 12.8 Å². The van der Waals surface area contributed by atoms with Crippen LogP contribution in [0.1, 0.15) is 43.1 Å². The molecule has 0 unspecified atom stereocenters. The van der Waals surface area contributed by atoms with E-state index < -0.39 is 5.97 Å². The fourth-order valence-electron chi connectivity index (χ4n) is 2.27. The maximum absolute atomic E-state index is 12.2. The van der Waals surface area contributed by atoms with Crippen molar-refractivity contribution in [1.82, 2.24) is 10.3 Å². The van der Waals surface area contributed by atoms with Crippen LogP contribution in [-0.2, 0) is 4.79 Å². The Labute approximate surface area is 117 Å². The molecule has 1 aromatic heterocycles. The summed E-state index contributed by atoms with van der Waals surface area (Å²) in [6, 6.07) is 3.16. The summed E-state index contributed by atoms with van der Waals surface area (Å²) in [5.41, 5.74) is 0.105. The predicted molar refractivity (Wildman–Crippen MR) is 71.3 cm³/mol. The van der Waals surface area contributed by atoms with Crippen LogP contribution in [0, 0.1) is 0 Å². The number of nitrogens with zero attached hydrogens (tertiary/aromatic N) is 1. The smallest absolute Gasteiger partial charge is 0.308 e. The molecule has 2 rings (SSSR count). The van der Waals surface area contributed by atoms with E-state index in [-0.39, 0.29) is 29.5 Å². The number of aromatic nitrogens is 1. The molecule has 6 heteroatoms. The van der Waals surface area contributed by atoms with Crippen molar-refractivity contribution in [3.8, 4) is 5.75 Å². The molecule has 1 saturated carbocycles. The summed E-state index contributed by atoms with van der Waals surface area (Å²) in [5.74, 6) is -0.690. The van der Waals surface area contributed by atoms with E-state index in [1.807, 2.05) is 0 Å². The molecule has 1 heterocycles. The molecule has 108 valence electrons. The summed E-state index contributed by atoms with van der Waals surface area (Å²) in [7, 11) is 0. The predicted octanol–water partition coefficient (Wildman–Crippen LogP) is 1.04. The number of aliphatic hydroxyl groups excluding tert-OH is 1. The van der Waals surface area contributed by atoms with E-state index in [4.69, 9.17) is 4.74 Å². The van der Waals surface area contributed by atoms with Crippen molar-refractivity contribution in [1.29, 1.82) is 0 Å². The van der Waals surface area contributed by atoms with Crippen molar-refractivity contribution in [2.45, 2.75) is 44.8 Å². The first-order chi connectivity index (χ1) is 9.56. The molecule has 1 amide bonds. The third-order valence-electron chi connectivity index (χ3n) is 3.27. The number of ether oxygens (including phenoxy) is 1. The van der Waals surface area contributed by atoms with Crippen LogP contribution < -0.4 is 10.1 Å². The first-order valence-electron chi connectivity index (χ1n) is 6.68. The molecule has 1 aliphatic rings. The molecule has 0 spiro atoms. The topological polar surface area (TPSA) is 88.5 Å². The van der Waals surface area contributed by atoms with E-state index in [9.17, 15) is 14.7 Å². The second-order valence-corrected chi connectivity index (χ2v) is 4.92. The highest BCUT2D eigenvalue weighted by Crippen LogP contribution is 2.20. The van der Waals surface area contributed by atoms with Gasteiger partial charge in [-0.1, -0.05) is 0 Å². The third kappa shape index (κ3) is 3.77. The number of carbonyl (C=O) groups is 2. The number of esters is 1. The number of nitrogens with one attached hydrogen (secondary N) is 1. The average molecular weight is 278 g/mol. The van der Waals surface area contributed by atoms with Gasteiger partial charge in [0, 0.05) is 19.2 Å². The number of hydrogen-bond acceptors (Lipinski definition) is 5. The average Bonchev–Trinajstić information content (AvgIpc) is 2.41. The number of aliphatic hydroxyl groups is 1. The monoisotopic (exact) mass is 278 g/mol. The summed E-state index contributed by atoms with van der Waals surface area (Å²) in [5, 5.41) is 12.3. The van der Waals surface area contributed by atoms with Gasteiger partial charge in [0.2, 0.25) is 0 Å². The fraction of sp³-hybridized carbons (Fsp3) is 0.500. The zero-order valence-corrected chi connectivity index (χ0v) is 11.3. The first kappa shape index (κ1) is 14.5. The minimum atomic E-state index is -0.493. The van der Waals surface area contributed by atoms with E-state index in [1.165, 1.54) is 19.2 Å². The van der Waals surface area contributed by atoms with Gasteiger partial charge in [-0.2, -0.15) is 0 Å². The van der Waals surface area contributed by atoms with E-state index in [1.54, 1.807) is 6.07 Å². The molecule has 0 aromatic carbocycles. The number of carbonyl (C=O) groups excluding carboxylic acids is 2. The van der Waals surface area contributed by atoms with Crippen molar-refractivity contribution >= 4 is 11.9 Å². The van der Waals surface area contributed by atoms with Gasteiger partial charge in [-0.3, -0.25) is 9.59 Å². The highest BCUT2D eigenvalue weighted by molar-refractivity contribution is 5.95. The van der Waals surface area contributed by atoms with Crippen molar-refractivity contribution in [3.05, 3.63) is 24.0 Å². The van der Waals surface area contributed by atoms with E-state index >= 15 is 0 Å². The second kappa shape index (κ2) is 6.47. The van der Waals surface area contributed by atoms with E-state index in [0.717, 1.165) is 12.8 Å². The van der Waals surface area contributed by atoms with Gasteiger partial charge in [-0.05, 0) is 37.8 Å². The molecule has 0 radical (unpaired) electrons. The normalized spacial score (nSPS) is 22.1. The van der Waals surface area contributed by atoms with Crippen LogP contribution in [-0.4, -0.2) is 34.1 Å². The van der Waals surface area contributed by atoms with Gasteiger partial charge in [-0.15, -0.1) is 0 Å². The van der Waals surface area contributed by atoms with Gasteiger partial charge < -0.3 is 15.2 Å². The van der Waals surface area contributed by atoms with Crippen LogP contribution >= 0.6 is 0 Å². The van der Waals surface area contributed by atoms with Crippen LogP contribution in [0.2, 0.25) is 0 Å². The van der Waals surface area contributed by atoms with Gasteiger partial charge in [-0.25, -0.2) is 4.98 Å². The standard InChI is InChI=1S/C14H18N2O4/c1-9(17)20-12-3-2-8-15-13(12)14(19)16-10-4-6-11(18)7-5-10/h2-3,8,10-11,18H,4-7H2,1H3,(H,16,19). The van der Waals surface area contributed by atoms with Crippen LogP contribution in [0.4, 0.5) is 0 Å². The Kier molecular flexibility index (Phi) is 4.68. The molecule has 1 aromatic rings. The zero-order valence-electron chi connectivity index (χ0n) is 11.3. The SMILES string of the molecule is CC(=O)Oc1cccnc1C(=O)NC1CCC(O)CC1. The Morgan fingerprint density at radius 2 is 2.05 bits per heavy atom. The van der Waals surface area contributed by atoms with Gasteiger partial charge in [0.1, 0.15) is 0 Å². The lowest BCUT2D eigenvalue weighted by Crippen LogP contribution is -2.39. The summed E-state index contributed by atoms with van der Waals surface area (Å²) in [4.78, 5) is 27.1. The van der Waals surface area contributed by atoms with Crippen LogP contribution in [0.15, 0.2) is 18.3 Å². The van der Waals surface area contributed by atoms with Crippen molar-refractivity contribution in [2.24, 2.45) is 0 Å². The Morgan fingerprint density at radius 3 is 2.70 bits per heavy atom. The Hall–Kier alpha value is -1.95. The minimum Gasteiger partial charge on any atom is -0.424 e. The Bertz CT molecular complexity index is 496. The third-order valence-corrected chi connectivity index (χ3v) is 3.27. The molecule has 0 saturated heterocycles. The van der Waals surface area contributed by atoms with Gasteiger partial charge >= 0.3 is 5.97 Å². The molecular formula is C14H18N2O4. The Balaban J connectivity index is 2.03. The quantitative estimate of drug-likeness (QED) is 0.806. The number of rotatable bonds is 3. The van der Waals surface area contributed by atoms with Crippen molar-refractivity contribution in [2.75, 3.05) is 0 Å². The van der Waals surface area contributed by atoms with Crippen LogP contribution in [0.3, 0.4) is 0 Å². The van der Waals surface area contributed by atoms with Crippen molar-refractivity contribution in [3.63, 3.8) is 0 Å². The maximum Gasteiger partial charge on any atom is 0.308 e. The summed E-state index contributed by atoms with van der Waals surface area (Å²) in [6.45, 7) is 1.28. The van der Waals surface area contributed by atoms with Gasteiger partial charge in [0.15, 0.2) is 11.4 Å². The maximum atomic E-state index is 12.2. The molecule has 20 heavy (non-hydrogen) atoms. The van der Waals surface area contributed by atoms with Gasteiger partial charge in [0.25, 0.3) is 5.91 Å². The molecule has 6 nitrogen and oxygen atoms in total. The first-order valence-corrected chi connectivity index (χ1v) is 6.68. The summed E-state index contributed by atoms with van der Waals surface area (Å²) < 4.78 is 4.97. The number of hydrogen-bond donors (Lipinski definition) is 2. The van der Waals surface area contributed by atoms with Gasteiger partial charge in [0.05, 0.1) is 6.10 Å². The van der Waals surface area contributed by atoms with Crippen LogP contribution in [0.5, 0.6) is 5.75 Å². The lowest BCUT2D eigenvalue weighted by Gasteiger charge is -2.26. The Morgan fingerprint density at radius 1 is 1.35 bits per heavy atom. The number of amides is 1. The summed E-state index contributed by atoms with van der Waals surface area (Å²) in [6.07, 6.45) is 4.06. The highest BCUT2D eigenvalue weighted by atomic mass is 16.5. The molecule has 0 bridgehead atoms. The lowest BCUT2D eigenvalue weighted by atomic mass is 9.93. The molecule has 0 atom stereocenters. The second-order valence-electron chi connectivity index (χ2n) is 4.92. The molecule has 2 N–H and O–H groups in total. The lowest BCUT2D eigenvalue weighted by molar-refractivity contribution is -0.131. The van der Waals surface area contributed by atoms with Crippen molar-refractivity contribution < 1.29 is 19.4 Å². The fourth-order valence-corrected chi connectivity index (χ4v) is 2.27. The molecule has 0 aliphatic heterocycles. The van der Waals surface area contributed by atoms with Crippen LogP contribution in [0.25, 0.3) is 0 Å². The minimum absolute atomic E-state index is 0.0260. The summed E-state index contributed by atoms with van der Waals surface area (Å²) >= 11 is 0. The van der Waals surface area contributed by atoms with E-state index in [2.05, 4.69) is 10.3 Å².